The molecule has 34 heavy (non-hydrogen) atoms. The molecule has 1 N–H and O–H groups in total. The van der Waals surface area contributed by atoms with Crippen LogP contribution in [0.15, 0.2) is 56.6 Å². The number of hydrogen-bond donors (Lipinski definition) is 1. The molecule has 0 saturated carbocycles. The highest BCUT2D eigenvalue weighted by atomic mass is 32.1. The van der Waals surface area contributed by atoms with Gasteiger partial charge in [0, 0.05) is 30.4 Å². The molecule has 9 nitrogen and oxygen atoms in total. The molecule has 1 aromatic carbocycles. The van der Waals surface area contributed by atoms with E-state index in [9.17, 15) is 19.5 Å². The van der Waals surface area contributed by atoms with Gasteiger partial charge in [-0.1, -0.05) is 37.3 Å². The van der Waals surface area contributed by atoms with Crippen molar-refractivity contribution in [2.24, 2.45) is 0 Å². The zero-order chi connectivity index (χ0) is 23.8. The largest absolute Gasteiger partial charge is 0.465 e. The van der Waals surface area contributed by atoms with Crippen LogP contribution in [0.2, 0.25) is 0 Å². The number of aromatic nitrogens is 3. The van der Waals surface area contributed by atoms with Crippen LogP contribution < -0.4 is 11.2 Å². The smallest absolute Gasteiger partial charge is 0.407 e. The number of fused-ring (bicyclic) bond motifs is 1. The van der Waals surface area contributed by atoms with Gasteiger partial charge in [-0.05, 0) is 24.5 Å². The standard InChI is InChI=1S/C24H24N4O5S/c1-2-17-13-25-20(33-17)14-27-18-12-19(15-6-4-3-5-7-15)34-21(18)22(29)28(23(27)30)16-8-10-26(11-9-16)24(31)32/h3-7,12-13,16H,2,8-11,14H2,1H3,(H,31,32). The lowest BCUT2D eigenvalue weighted by molar-refractivity contribution is 0.124. The molecule has 1 fully saturated rings. The Labute approximate surface area is 198 Å². The fourth-order valence-electron chi connectivity index (χ4n) is 4.42. The van der Waals surface area contributed by atoms with Crippen LogP contribution in [0.5, 0.6) is 0 Å². The molecule has 10 heteroatoms. The van der Waals surface area contributed by atoms with Gasteiger partial charge in [-0.15, -0.1) is 11.3 Å². The minimum absolute atomic E-state index is 0.106. The summed E-state index contributed by atoms with van der Waals surface area (Å²) in [6.45, 7) is 2.63. The zero-order valence-corrected chi connectivity index (χ0v) is 19.5. The molecule has 0 unspecified atom stereocenters. The Morgan fingerprint density at radius 1 is 1.21 bits per heavy atom. The molecular weight excluding hydrogens is 456 g/mol. The van der Waals surface area contributed by atoms with Gasteiger partial charge in [0.15, 0.2) is 0 Å². The number of nitrogens with zero attached hydrogens (tertiary/aromatic N) is 4. The second-order valence-corrected chi connectivity index (χ2v) is 9.36. The first-order valence-corrected chi connectivity index (χ1v) is 12.0. The van der Waals surface area contributed by atoms with Crippen LogP contribution in [0.1, 0.15) is 37.5 Å². The molecule has 1 aliphatic heterocycles. The third-order valence-electron chi connectivity index (χ3n) is 6.26. The zero-order valence-electron chi connectivity index (χ0n) is 18.6. The maximum atomic E-state index is 13.7. The summed E-state index contributed by atoms with van der Waals surface area (Å²) in [5.41, 5.74) is 0.751. The van der Waals surface area contributed by atoms with Crippen molar-refractivity contribution in [2.45, 2.75) is 38.8 Å². The van der Waals surface area contributed by atoms with Crippen LogP contribution in [0, 0.1) is 0 Å². The summed E-state index contributed by atoms with van der Waals surface area (Å²) in [4.78, 5) is 45.0. The molecule has 0 atom stereocenters. The Bertz CT molecular complexity index is 1460. The van der Waals surface area contributed by atoms with E-state index in [1.807, 2.05) is 43.3 Å². The molecule has 4 aromatic rings. The molecule has 1 amide bonds. The summed E-state index contributed by atoms with van der Waals surface area (Å²) in [6.07, 6.45) is 2.17. The van der Waals surface area contributed by atoms with Gasteiger partial charge in [-0.25, -0.2) is 14.6 Å². The monoisotopic (exact) mass is 480 g/mol. The number of thiophene rings is 1. The quantitative estimate of drug-likeness (QED) is 0.465. The average molecular weight is 481 g/mol. The third-order valence-corrected chi connectivity index (χ3v) is 7.42. The Kier molecular flexibility index (Phi) is 5.82. The molecular formula is C24H24N4O5S. The number of likely N-dealkylation sites (tertiary alicyclic amines) is 1. The summed E-state index contributed by atoms with van der Waals surface area (Å²) in [7, 11) is 0. The molecule has 5 rings (SSSR count). The van der Waals surface area contributed by atoms with Crippen molar-refractivity contribution in [2.75, 3.05) is 13.1 Å². The van der Waals surface area contributed by atoms with E-state index in [1.54, 1.807) is 10.8 Å². The number of oxazole rings is 1. The first-order valence-electron chi connectivity index (χ1n) is 11.2. The molecule has 4 heterocycles. The minimum Gasteiger partial charge on any atom is -0.465 e. The number of carbonyl (C=O) groups is 1. The number of aryl methyl sites for hydroxylation is 1. The SMILES string of the molecule is CCc1cnc(Cn2c(=O)n(C3CCN(C(=O)O)CC3)c(=O)c3sc(-c4ccccc4)cc32)o1. The van der Waals surface area contributed by atoms with Gasteiger partial charge in [0.05, 0.1) is 11.7 Å². The molecule has 3 aromatic heterocycles. The number of piperidine rings is 1. The van der Waals surface area contributed by atoms with Crippen LogP contribution in [0.3, 0.4) is 0 Å². The van der Waals surface area contributed by atoms with Crippen molar-refractivity contribution < 1.29 is 14.3 Å². The Morgan fingerprint density at radius 3 is 2.59 bits per heavy atom. The van der Waals surface area contributed by atoms with E-state index in [4.69, 9.17) is 4.42 Å². The van der Waals surface area contributed by atoms with E-state index in [0.29, 0.717) is 35.4 Å². The molecule has 1 saturated heterocycles. The highest BCUT2D eigenvalue weighted by Crippen LogP contribution is 2.32. The number of rotatable bonds is 5. The third kappa shape index (κ3) is 3.94. The summed E-state index contributed by atoms with van der Waals surface area (Å²) in [5, 5.41) is 9.26. The van der Waals surface area contributed by atoms with Gasteiger partial charge in [0.1, 0.15) is 17.0 Å². The van der Waals surface area contributed by atoms with Gasteiger partial charge in [-0.3, -0.25) is 13.9 Å². The fourth-order valence-corrected chi connectivity index (χ4v) is 5.52. The number of carboxylic acid groups (broad SMARTS) is 1. The number of hydrogen-bond acceptors (Lipinski definition) is 6. The number of benzene rings is 1. The van der Waals surface area contributed by atoms with Crippen molar-refractivity contribution in [3.8, 4) is 10.4 Å². The van der Waals surface area contributed by atoms with Gasteiger partial charge in [0.2, 0.25) is 5.89 Å². The van der Waals surface area contributed by atoms with Crippen LogP contribution in [0.25, 0.3) is 20.7 Å². The van der Waals surface area contributed by atoms with Gasteiger partial charge < -0.3 is 14.4 Å². The average Bonchev–Trinajstić information content (AvgIpc) is 3.50. The molecule has 0 spiro atoms. The lowest BCUT2D eigenvalue weighted by Crippen LogP contribution is -2.46. The first kappa shape index (κ1) is 22.1. The van der Waals surface area contributed by atoms with Crippen molar-refractivity contribution in [3.63, 3.8) is 0 Å². The summed E-state index contributed by atoms with van der Waals surface area (Å²) in [5.74, 6) is 1.13. The maximum absolute atomic E-state index is 13.7. The van der Waals surface area contributed by atoms with E-state index in [-0.39, 0.29) is 31.2 Å². The Morgan fingerprint density at radius 2 is 1.94 bits per heavy atom. The summed E-state index contributed by atoms with van der Waals surface area (Å²) < 4.78 is 9.10. The topological polar surface area (TPSA) is 111 Å². The van der Waals surface area contributed by atoms with Crippen molar-refractivity contribution in [1.29, 1.82) is 0 Å². The van der Waals surface area contributed by atoms with Gasteiger partial charge >= 0.3 is 11.8 Å². The lowest BCUT2D eigenvalue weighted by atomic mass is 10.1. The van der Waals surface area contributed by atoms with Crippen molar-refractivity contribution in [1.82, 2.24) is 19.0 Å². The van der Waals surface area contributed by atoms with Crippen molar-refractivity contribution >= 4 is 27.6 Å². The molecule has 0 aliphatic carbocycles. The van der Waals surface area contributed by atoms with Crippen LogP contribution in [-0.4, -0.2) is 43.3 Å². The predicted octanol–water partition coefficient (Wildman–Crippen LogP) is 3.81. The molecule has 0 bridgehead atoms. The van der Waals surface area contributed by atoms with Crippen LogP contribution in [0.4, 0.5) is 4.79 Å². The lowest BCUT2D eigenvalue weighted by Gasteiger charge is -2.30. The molecule has 1 aliphatic rings. The van der Waals surface area contributed by atoms with Crippen molar-refractivity contribution in [3.05, 3.63) is 75.1 Å². The first-order chi connectivity index (χ1) is 16.5. The van der Waals surface area contributed by atoms with E-state index in [2.05, 4.69) is 4.98 Å². The van der Waals surface area contributed by atoms with Gasteiger partial charge in [-0.2, -0.15) is 0 Å². The molecule has 0 radical (unpaired) electrons. The van der Waals surface area contributed by atoms with Crippen LogP contribution >= 0.6 is 11.3 Å². The van der Waals surface area contributed by atoms with E-state index in [1.165, 1.54) is 20.8 Å². The predicted molar refractivity (Wildman–Crippen MR) is 129 cm³/mol. The number of amides is 1. The molecule has 176 valence electrons. The van der Waals surface area contributed by atoms with E-state index in [0.717, 1.165) is 16.2 Å². The Balaban J connectivity index is 1.65. The summed E-state index contributed by atoms with van der Waals surface area (Å²) >= 11 is 1.36. The van der Waals surface area contributed by atoms with Crippen LogP contribution in [-0.2, 0) is 13.0 Å². The van der Waals surface area contributed by atoms with E-state index >= 15 is 0 Å². The summed E-state index contributed by atoms with van der Waals surface area (Å²) in [6, 6.07) is 11.2. The second-order valence-electron chi connectivity index (χ2n) is 8.31. The fraction of sp³-hybridized carbons (Fsp3) is 0.333. The highest BCUT2D eigenvalue weighted by Gasteiger charge is 2.28. The normalized spacial score (nSPS) is 14.7. The maximum Gasteiger partial charge on any atom is 0.407 e. The second kappa shape index (κ2) is 8.94. The van der Waals surface area contributed by atoms with E-state index < -0.39 is 11.8 Å². The minimum atomic E-state index is -0.986. The highest BCUT2D eigenvalue weighted by molar-refractivity contribution is 7.22. The van der Waals surface area contributed by atoms with Gasteiger partial charge in [0.25, 0.3) is 5.56 Å². The Hall–Kier alpha value is -3.66.